The summed E-state index contributed by atoms with van der Waals surface area (Å²) >= 11 is 0. The van der Waals surface area contributed by atoms with Gasteiger partial charge in [0, 0.05) is 12.4 Å². The Labute approximate surface area is 112 Å². The monoisotopic (exact) mass is 259 g/mol. The third-order valence-electron chi connectivity index (χ3n) is 3.04. The van der Waals surface area contributed by atoms with Gasteiger partial charge >= 0.3 is 0 Å². The van der Waals surface area contributed by atoms with Gasteiger partial charge in [0.15, 0.2) is 11.5 Å². The molecule has 3 rings (SSSR count). The fraction of sp³-hybridized carbons (Fsp3) is 0.357. The Hall–Kier alpha value is -2.01. The largest absolute Gasteiger partial charge is 0.486 e. The number of hydrogen-bond donors (Lipinski definition) is 2. The smallest absolute Gasteiger partial charge is 0.161 e. The van der Waals surface area contributed by atoms with E-state index < -0.39 is 0 Å². The van der Waals surface area contributed by atoms with E-state index in [-0.39, 0.29) is 0 Å². The number of aromatic nitrogens is 2. The van der Waals surface area contributed by atoms with Crippen LogP contribution in [0.1, 0.15) is 11.4 Å². The maximum atomic E-state index is 5.57. The lowest BCUT2D eigenvalue weighted by Crippen LogP contribution is -2.18. The van der Waals surface area contributed by atoms with Crippen molar-refractivity contribution in [3.63, 3.8) is 0 Å². The van der Waals surface area contributed by atoms with Crippen molar-refractivity contribution >= 4 is 0 Å². The number of hydrogen-bond acceptors (Lipinski definition) is 4. The van der Waals surface area contributed by atoms with Crippen LogP contribution in [0.15, 0.2) is 30.6 Å². The average Bonchev–Trinajstić information content (AvgIpc) is 2.97. The zero-order valence-electron chi connectivity index (χ0n) is 10.7. The van der Waals surface area contributed by atoms with E-state index in [1.807, 2.05) is 12.3 Å². The van der Waals surface area contributed by atoms with Gasteiger partial charge in [-0.05, 0) is 30.7 Å². The number of imidazole rings is 1. The first-order chi connectivity index (χ1) is 9.42. The minimum Gasteiger partial charge on any atom is -0.486 e. The highest BCUT2D eigenvalue weighted by Crippen LogP contribution is 2.30. The van der Waals surface area contributed by atoms with Crippen LogP contribution in [0.5, 0.6) is 11.5 Å². The van der Waals surface area contributed by atoms with Crippen LogP contribution in [0.2, 0.25) is 0 Å². The first kappa shape index (κ1) is 12.0. The third kappa shape index (κ3) is 3.06. The first-order valence-electron chi connectivity index (χ1n) is 6.49. The van der Waals surface area contributed by atoms with E-state index >= 15 is 0 Å². The SMILES string of the molecule is c1c[nH]c(CNCCc2ccc3c(c2)OCCO3)n1. The minimum atomic E-state index is 0.632. The van der Waals surface area contributed by atoms with Crippen molar-refractivity contribution in [2.75, 3.05) is 19.8 Å². The zero-order valence-corrected chi connectivity index (χ0v) is 10.7. The molecular weight excluding hydrogens is 242 g/mol. The van der Waals surface area contributed by atoms with Crippen LogP contribution < -0.4 is 14.8 Å². The summed E-state index contributed by atoms with van der Waals surface area (Å²) in [6, 6.07) is 6.13. The lowest BCUT2D eigenvalue weighted by molar-refractivity contribution is 0.171. The summed E-state index contributed by atoms with van der Waals surface area (Å²) in [6.07, 6.45) is 4.55. The van der Waals surface area contributed by atoms with E-state index in [1.165, 1.54) is 5.56 Å². The number of rotatable bonds is 5. The summed E-state index contributed by atoms with van der Waals surface area (Å²) in [7, 11) is 0. The first-order valence-corrected chi connectivity index (χ1v) is 6.49. The summed E-state index contributed by atoms with van der Waals surface area (Å²) in [5, 5.41) is 3.35. The molecule has 0 radical (unpaired) electrons. The Bertz CT molecular complexity index is 525. The number of nitrogens with one attached hydrogen (secondary N) is 2. The molecule has 0 unspecified atom stereocenters. The van der Waals surface area contributed by atoms with E-state index in [9.17, 15) is 0 Å². The predicted molar refractivity (Wildman–Crippen MR) is 71.4 cm³/mol. The van der Waals surface area contributed by atoms with Crippen LogP contribution in [0, 0.1) is 0 Å². The lowest BCUT2D eigenvalue weighted by atomic mass is 10.1. The summed E-state index contributed by atoms with van der Waals surface area (Å²) in [5.74, 6) is 2.66. The molecule has 1 aliphatic heterocycles. The molecular formula is C14H17N3O2. The number of fused-ring (bicyclic) bond motifs is 1. The van der Waals surface area contributed by atoms with Crippen LogP contribution in [0.3, 0.4) is 0 Å². The Morgan fingerprint density at radius 2 is 2.11 bits per heavy atom. The van der Waals surface area contributed by atoms with Gasteiger partial charge in [-0.1, -0.05) is 6.07 Å². The molecule has 0 atom stereocenters. The minimum absolute atomic E-state index is 0.632. The van der Waals surface area contributed by atoms with Gasteiger partial charge < -0.3 is 19.8 Å². The Kier molecular flexibility index (Phi) is 3.65. The lowest BCUT2D eigenvalue weighted by Gasteiger charge is -2.18. The van der Waals surface area contributed by atoms with Crippen LogP contribution in [-0.2, 0) is 13.0 Å². The highest BCUT2D eigenvalue weighted by atomic mass is 16.6. The van der Waals surface area contributed by atoms with Gasteiger partial charge in [-0.25, -0.2) is 4.98 Å². The molecule has 2 N–H and O–H groups in total. The number of H-pyrrole nitrogens is 1. The van der Waals surface area contributed by atoms with Crippen molar-refractivity contribution in [3.05, 3.63) is 42.0 Å². The molecule has 0 saturated heterocycles. The number of aromatic amines is 1. The van der Waals surface area contributed by atoms with Gasteiger partial charge in [-0.2, -0.15) is 0 Å². The van der Waals surface area contributed by atoms with Gasteiger partial charge in [-0.15, -0.1) is 0 Å². The summed E-state index contributed by atoms with van der Waals surface area (Å²) in [4.78, 5) is 7.23. The molecule has 2 heterocycles. The molecule has 0 bridgehead atoms. The standard InChI is InChI=1S/C14H17N3O2/c1-2-12-13(19-8-7-18-12)9-11(1)3-4-15-10-14-16-5-6-17-14/h1-2,5-6,9,15H,3-4,7-8,10H2,(H,16,17). The Morgan fingerprint density at radius 3 is 2.95 bits per heavy atom. The fourth-order valence-electron chi connectivity index (χ4n) is 2.08. The second kappa shape index (κ2) is 5.75. The zero-order chi connectivity index (χ0) is 12.9. The highest BCUT2D eigenvalue weighted by Gasteiger charge is 2.11. The number of ether oxygens (including phenoxy) is 2. The van der Waals surface area contributed by atoms with E-state index in [1.54, 1.807) is 6.20 Å². The predicted octanol–water partition coefficient (Wildman–Crippen LogP) is 1.51. The average molecular weight is 259 g/mol. The van der Waals surface area contributed by atoms with Crippen LogP contribution in [-0.4, -0.2) is 29.7 Å². The van der Waals surface area contributed by atoms with Crippen molar-refractivity contribution in [2.45, 2.75) is 13.0 Å². The maximum Gasteiger partial charge on any atom is 0.161 e. The molecule has 0 aliphatic carbocycles. The van der Waals surface area contributed by atoms with Gasteiger partial charge in [0.25, 0.3) is 0 Å². The molecule has 0 saturated carbocycles. The molecule has 1 aromatic carbocycles. The Balaban J connectivity index is 1.50. The van der Waals surface area contributed by atoms with Gasteiger partial charge in [0.05, 0.1) is 6.54 Å². The molecule has 5 nitrogen and oxygen atoms in total. The molecule has 1 aromatic heterocycles. The normalized spacial score (nSPS) is 13.5. The van der Waals surface area contributed by atoms with E-state index in [2.05, 4.69) is 27.4 Å². The van der Waals surface area contributed by atoms with Gasteiger partial charge in [-0.3, -0.25) is 0 Å². The van der Waals surface area contributed by atoms with E-state index in [4.69, 9.17) is 9.47 Å². The van der Waals surface area contributed by atoms with Crippen molar-refractivity contribution in [1.29, 1.82) is 0 Å². The summed E-state index contributed by atoms with van der Waals surface area (Å²) in [5.41, 5.74) is 1.25. The third-order valence-corrected chi connectivity index (χ3v) is 3.04. The topological polar surface area (TPSA) is 59.2 Å². The maximum absolute atomic E-state index is 5.57. The summed E-state index contributed by atoms with van der Waals surface area (Å²) < 4.78 is 11.1. The quantitative estimate of drug-likeness (QED) is 0.799. The molecule has 0 fully saturated rings. The second-order valence-electron chi connectivity index (χ2n) is 4.44. The van der Waals surface area contributed by atoms with E-state index in [0.29, 0.717) is 13.2 Å². The van der Waals surface area contributed by atoms with Crippen LogP contribution >= 0.6 is 0 Å². The number of nitrogens with zero attached hydrogens (tertiary/aromatic N) is 1. The van der Waals surface area contributed by atoms with Crippen molar-refractivity contribution in [1.82, 2.24) is 15.3 Å². The second-order valence-corrected chi connectivity index (χ2v) is 4.44. The molecule has 100 valence electrons. The van der Waals surface area contributed by atoms with Crippen LogP contribution in [0.4, 0.5) is 0 Å². The Morgan fingerprint density at radius 1 is 1.21 bits per heavy atom. The van der Waals surface area contributed by atoms with Crippen molar-refractivity contribution < 1.29 is 9.47 Å². The summed E-state index contributed by atoms with van der Waals surface area (Å²) in [6.45, 7) is 2.93. The van der Waals surface area contributed by atoms with Crippen molar-refractivity contribution in [2.24, 2.45) is 0 Å². The highest BCUT2D eigenvalue weighted by molar-refractivity contribution is 5.43. The van der Waals surface area contributed by atoms with E-state index in [0.717, 1.165) is 36.8 Å². The van der Waals surface area contributed by atoms with Gasteiger partial charge in [0.2, 0.25) is 0 Å². The van der Waals surface area contributed by atoms with Crippen molar-refractivity contribution in [3.8, 4) is 11.5 Å². The molecule has 1 aliphatic rings. The van der Waals surface area contributed by atoms with Crippen LogP contribution in [0.25, 0.3) is 0 Å². The fourth-order valence-corrected chi connectivity index (χ4v) is 2.08. The molecule has 0 spiro atoms. The molecule has 2 aromatic rings. The van der Waals surface area contributed by atoms with Gasteiger partial charge in [0.1, 0.15) is 19.0 Å². The molecule has 5 heteroatoms. The molecule has 0 amide bonds. The number of benzene rings is 1. The molecule has 19 heavy (non-hydrogen) atoms.